The Morgan fingerprint density at radius 2 is 1.80 bits per heavy atom. The van der Waals surface area contributed by atoms with Gasteiger partial charge < -0.3 is 5.11 Å². The number of benzene rings is 2. The molecule has 0 fully saturated rings. The van der Waals surface area contributed by atoms with E-state index in [0.717, 1.165) is 0 Å². The highest BCUT2D eigenvalue weighted by molar-refractivity contribution is 7.84. The summed E-state index contributed by atoms with van der Waals surface area (Å²) in [5, 5.41) is 8.67. The van der Waals surface area contributed by atoms with E-state index in [9.17, 15) is 13.4 Å². The topological polar surface area (TPSA) is 54.4 Å². The Labute approximate surface area is 118 Å². The summed E-state index contributed by atoms with van der Waals surface area (Å²) in [5.74, 6) is -1.02. The standard InChI is InChI=1S/C15H13FO3S/c16-13-3-1-2-12(8-13)10-20(19)14-6-4-11(5-7-14)9-15(17)18/h1-8H,9-10H2,(H,17,18). The second-order valence-corrected chi connectivity index (χ2v) is 5.79. The molecular formula is C15H13FO3S. The third-order valence-corrected chi connectivity index (χ3v) is 4.12. The van der Waals surface area contributed by atoms with Crippen molar-refractivity contribution in [3.63, 3.8) is 0 Å². The van der Waals surface area contributed by atoms with Crippen molar-refractivity contribution < 1.29 is 18.5 Å². The molecule has 0 aliphatic rings. The van der Waals surface area contributed by atoms with Gasteiger partial charge in [-0.15, -0.1) is 0 Å². The Morgan fingerprint density at radius 1 is 1.10 bits per heavy atom. The first-order valence-electron chi connectivity index (χ1n) is 5.98. The largest absolute Gasteiger partial charge is 0.481 e. The number of hydrogen-bond acceptors (Lipinski definition) is 2. The Balaban J connectivity index is 2.07. The lowest BCUT2D eigenvalue weighted by Gasteiger charge is -2.04. The van der Waals surface area contributed by atoms with Crippen LogP contribution >= 0.6 is 0 Å². The van der Waals surface area contributed by atoms with Crippen LogP contribution in [-0.4, -0.2) is 15.3 Å². The molecule has 3 nitrogen and oxygen atoms in total. The van der Waals surface area contributed by atoms with Gasteiger partial charge in [-0.2, -0.15) is 0 Å². The summed E-state index contributed by atoms with van der Waals surface area (Å²) in [6, 6.07) is 12.6. The van der Waals surface area contributed by atoms with Gasteiger partial charge in [0, 0.05) is 4.90 Å². The number of aliphatic carboxylic acids is 1. The van der Waals surface area contributed by atoms with Gasteiger partial charge in [-0.05, 0) is 35.4 Å². The molecule has 2 aromatic rings. The SMILES string of the molecule is O=C(O)Cc1ccc(S(=O)Cc2cccc(F)c2)cc1. The molecule has 20 heavy (non-hydrogen) atoms. The molecule has 0 spiro atoms. The van der Waals surface area contributed by atoms with E-state index in [1.54, 1.807) is 36.4 Å². The van der Waals surface area contributed by atoms with Crippen molar-refractivity contribution in [2.75, 3.05) is 0 Å². The lowest BCUT2D eigenvalue weighted by molar-refractivity contribution is -0.136. The number of carboxylic acids is 1. The van der Waals surface area contributed by atoms with Crippen LogP contribution in [0.5, 0.6) is 0 Å². The number of hydrogen-bond donors (Lipinski definition) is 1. The fourth-order valence-electron chi connectivity index (χ4n) is 1.80. The maximum Gasteiger partial charge on any atom is 0.307 e. The second-order valence-electron chi connectivity index (χ2n) is 4.33. The van der Waals surface area contributed by atoms with Crippen LogP contribution < -0.4 is 0 Å². The highest BCUT2D eigenvalue weighted by Crippen LogP contribution is 2.14. The molecule has 0 aliphatic heterocycles. The average molecular weight is 292 g/mol. The molecule has 0 amide bonds. The van der Waals surface area contributed by atoms with E-state index < -0.39 is 16.8 Å². The van der Waals surface area contributed by atoms with E-state index in [0.29, 0.717) is 16.0 Å². The summed E-state index contributed by atoms with van der Waals surface area (Å²) in [6.45, 7) is 0. The predicted octanol–water partition coefficient (Wildman–Crippen LogP) is 2.76. The minimum Gasteiger partial charge on any atom is -0.481 e. The Kier molecular flexibility index (Phi) is 4.63. The molecule has 5 heteroatoms. The summed E-state index contributed by atoms with van der Waals surface area (Å²) >= 11 is 0. The quantitative estimate of drug-likeness (QED) is 0.922. The van der Waals surface area contributed by atoms with E-state index in [-0.39, 0.29) is 18.0 Å². The minimum atomic E-state index is -1.28. The normalized spacial score (nSPS) is 12.1. The van der Waals surface area contributed by atoms with E-state index >= 15 is 0 Å². The van der Waals surface area contributed by atoms with Crippen molar-refractivity contribution in [1.82, 2.24) is 0 Å². The Hall–Kier alpha value is -2.01. The van der Waals surface area contributed by atoms with E-state index in [1.165, 1.54) is 12.1 Å². The number of rotatable bonds is 5. The van der Waals surface area contributed by atoms with Crippen LogP contribution in [0.3, 0.4) is 0 Å². The maximum absolute atomic E-state index is 13.0. The van der Waals surface area contributed by atoms with E-state index in [1.807, 2.05) is 0 Å². The third-order valence-electron chi connectivity index (χ3n) is 2.73. The van der Waals surface area contributed by atoms with Gasteiger partial charge >= 0.3 is 5.97 Å². The molecule has 0 aliphatic carbocycles. The lowest BCUT2D eigenvalue weighted by atomic mass is 10.2. The van der Waals surface area contributed by atoms with E-state index in [4.69, 9.17) is 5.11 Å². The third kappa shape index (κ3) is 3.99. The van der Waals surface area contributed by atoms with Crippen molar-refractivity contribution in [3.05, 3.63) is 65.5 Å². The van der Waals surface area contributed by atoms with Gasteiger partial charge in [-0.25, -0.2) is 4.39 Å². The Morgan fingerprint density at radius 3 is 2.40 bits per heavy atom. The molecule has 0 saturated carbocycles. The molecule has 2 rings (SSSR count). The first-order chi connectivity index (χ1) is 9.54. The molecule has 0 radical (unpaired) electrons. The number of halogens is 1. The summed E-state index contributed by atoms with van der Waals surface area (Å²) < 4.78 is 25.2. The van der Waals surface area contributed by atoms with Crippen molar-refractivity contribution in [2.45, 2.75) is 17.1 Å². The summed E-state index contributed by atoms with van der Waals surface area (Å²) in [6.07, 6.45) is -0.0587. The average Bonchev–Trinajstić information content (AvgIpc) is 2.38. The van der Waals surface area contributed by atoms with Gasteiger partial charge in [0.15, 0.2) is 0 Å². The minimum absolute atomic E-state index is 0.0587. The smallest absolute Gasteiger partial charge is 0.307 e. The zero-order valence-electron chi connectivity index (χ0n) is 10.6. The molecule has 1 N–H and O–H groups in total. The van der Waals surface area contributed by atoms with Crippen LogP contribution in [0.25, 0.3) is 0 Å². The van der Waals surface area contributed by atoms with Crippen LogP contribution in [0.1, 0.15) is 11.1 Å². The Bertz CT molecular complexity index is 638. The first kappa shape index (κ1) is 14.4. The van der Waals surface area contributed by atoms with Crippen LogP contribution in [0.4, 0.5) is 4.39 Å². The van der Waals surface area contributed by atoms with Gasteiger partial charge in [0.25, 0.3) is 0 Å². The number of carboxylic acid groups (broad SMARTS) is 1. The van der Waals surface area contributed by atoms with Crippen molar-refractivity contribution >= 4 is 16.8 Å². The first-order valence-corrected chi connectivity index (χ1v) is 7.30. The fourth-order valence-corrected chi connectivity index (χ4v) is 2.88. The van der Waals surface area contributed by atoms with Gasteiger partial charge in [-0.1, -0.05) is 24.3 Å². The van der Waals surface area contributed by atoms with Gasteiger partial charge in [0.1, 0.15) is 5.82 Å². The lowest BCUT2D eigenvalue weighted by Crippen LogP contribution is -2.01. The summed E-state index contributed by atoms with van der Waals surface area (Å²) in [5.41, 5.74) is 1.32. The summed E-state index contributed by atoms with van der Waals surface area (Å²) in [7, 11) is -1.28. The second kappa shape index (κ2) is 6.43. The summed E-state index contributed by atoms with van der Waals surface area (Å²) in [4.78, 5) is 11.2. The van der Waals surface area contributed by atoms with Crippen molar-refractivity contribution in [1.29, 1.82) is 0 Å². The van der Waals surface area contributed by atoms with Crippen LogP contribution in [0.15, 0.2) is 53.4 Å². The molecule has 2 aromatic carbocycles. The maximum atomic E-state index is 13.0. The van der Waals surface area contributed by atoms with Gasteiger partial charge in [0.05, 0.1) is 23.0 Å². The molecular weight excluding hydrogens is 279 g/mol. The molecule has 1 atom stereocenters. The highest BCUT2D eigenvalue weighted by Gasteiger charge is 2.07. The molecule has 104 valence electrons. The molecule has 1 unspecified atom stereocenters. The van der Waals surface area contributed by atoms with Crippen molar-refractivity contribution in [3.8, 4) is 0 Å². The van der Waals surface area contributed by atoms with Crippen molar-refractivity contribution in [2.24, 2.45) is 0 Å². The van der Waals surface area contributed by atoms with E-state index in [2.05, 4.69) is 0 Å². The van der Waals surface area contributed by atoms with Crippen LogP contribution in [0.2, 0.25) is 0 Å². The molecule has 0 bridgehead atoms. The van der Waals surface area contributed by atoms with Crippen LogP contribution in [0, 0.1) is 5.82 Å². The number of carbonyl (C=O) groups is 1. The fraction of sp³-hybridized carbons (Fsp3) is 0.133. The zero-order valence-corrected chi connectivity index (χ0v) is 11.4. The zero-order chi connectivity index (χ0) is 14.5. The predicted molar refractivity (Wildman–Crippen MR) is 74.3 cm³/mol. The molecule has 0 heterocycles. The van der Waals surface area contributed by atoms with Crippen LogP contribution in [-0.2, 0) is 27.8 Å². The van der Waals surface area contributed by atoms with Gasteiger partial charge in [-0.3, -0.25) is 9.00 Å². The highest BCUT2D eigenvalue weighted by atomic mass is 32.2. The van der Waals surface area contributed by atoms with Gasteiger partial charge in [0.2, 0.25) is 0 Å². The molecule has 0 saturated heterocycles. The molecule has 0 aromatic heterocycles. The monoisotopic (exact) mass is 292 g/mol.